The second kappa shape index (κ2) is 5.63. The lowest BCUT2D eigenvalue weighted by Crippen LogP contribution is -2.33. The maximum Gasteiger partial charge on any atom is 0.150 e. The van der Waals surface area contributed by atoms with E-state index in [9.17, 15) is 0 Å². The van der Waals surface area contributed by atoms with Crippen molar-refractivity contribution in [3.63, 3.8) is 0 Å². The Hall–Kier alpha value is -0.900. The van der Waals surface area contributed by atoms with Gasteiger partial charge in [-0.15, -0.1) is 0 Å². The van der Waals surface area contributed by atoms with Gasteiger partial charge in [0.2, 0.25) is 0 Å². The lowest BCUT2D eigenvalue weighted by molar-refractivity contribution is 0.272. The molecule has 0 spiro atoms. The van der Waals surface area contributed by atoms with Crippen molar-refractivity contribution in [1.82, 2.24) is 20.1 Å². The predicted octanol–water partition coefficient (Wildman–Crippen LogP) is 2.11. The molecule has 1 aliphatic rings. The highest BCUT2D eigenvalue weighted by molar-refractivity contribution is 4.96. The van der Waals surface area contributed by atoms with Crippen LogP contribution in [0.5, 0.6) is 0 Å². The molecule has 0 aliphatic heterocycles. The molecule has 2 rings (SSSR count). The highest BCUT2D eigenvalue weighted by Gasteiger charge is 2.24. The second-order valence-electron chi connectivity index (χ2n) is 4.90. The number of aromatic nitrogens is 3. The number of aryl methyl sites for hydroxylation is 2. The van der Waals surface area contributed by atoms with Gasteiger partial charge in [0.25, 0.3) is 0 Å². The topological polar surface area (TPSA) is 42.7 Å². The summed E-state index contributed by atoms with van der Waals surface area (Å²) in [5.41, 5.74) is 0. The molecule has 1 heterocycles. The molecule has 0 saturated heterocycles. The largest absolute Gasteiger partial charge is 0.317 e. The van der Waals surface area contributed by atoms with Gasteiger partial charge in [-0.25, -0.2) is 9.67 Å². The van der Waals surface area contributed by atoms with Gasteiger partial charge in [0, 0.05) is 18.9 Å². The standard InChI is InChI=1S/C13H24N4/c1-4-12-15-13(5-2)17(16-12)11-8-6-7-10(9-11)14-3/h10-11,14H,4-9H2,1-3H3. The molecule has 17 heavy (non-hydrogen) atoms. The molecular formula is C13H24N4. The minimum Gasteiger partial charge on any atom is -0.317 e. The van der Waals surface area contributed by atoms with Crippen LogP contribution in [0.15, 0.2) is 0 Å². The van der Waals surface area contributed by atoms with Crippen molar-refractivity contribution in [3.05, 3.63) is 11.6 Å². The first-order chi connectivity index (χ1) is 8.28. The number of hydrogen-bond acceptors (Lipinski definition) is 3. The summed E-state index contributed by atoms with van der Waals surface area (Å²) in [5.74, 6) is 2.15. The van der Waals surface area contributed by atoms with Crippen molar-refractivity contribution in [3.8, 4) is 0 Å². The van der Waals surface area contributed by atoms with Gasteiger partial charge in [-0.1, -0.05) is 13.8 Å². The third-order valence-electron chi connectivity index (χ3n) is 3.78. The van der Waals surface area contributed by atoms with Crippen LogP contribution in [-0.4, -0.2) is 27.9 Å². The van der Waals surface area contributed by atoms with Crippen LogP contribution in [0.25, 0.3) is 0 Å². The maximum absolute atomic E-state index is 4.67. The first-order valence-electron chi connectivity index (χ1n) is 6.90. The van der Waals surface area contributed by atoms with Crippen molar-refractivity contribution in [2.24, 2.45) is 0 Å². The van der Waals surface area contributed by atoms with Gasteiger partial charge >= 0.3 is 0 Å². The van der Waals surface area contributed by atoms with Gasteiger partial charge in [-0.05, 0) is 32.7 Å². The molecular weight excluding hydrogens is 212 g/mol. The molecule has 0 amide bonds. The Morgan fingerprint density at radius 2 is 2.12 bits per heavy atom. The van der Waals surface area contributed by atoms with E-state index >= 15 is 0 Å². The number of hydrogen-bond donors (Lipinski definition) is 1. The summed E-state index contributed by atoms with van der Waals surface area (Å²) in [5, 5.41) is 8.07. The van der Waals surface area contributed by atoms with Gasteiger partial charge in [-0.3, -0.25) is 0 Å². The normalized spacial score (nSPS) is 25.1. The first-order valence-corrected chi connectivity index (χ1v) is 6.90. The Morgan fingerprint density at radius 1 is 1.29 bits per heavy atom. The SMILES string of the molecule is CCc1nc(CC)n(C2CCCC(NC)C2)n1. The molecule has 2 unspecified atom stereocenters. The molecule has 96 valence electrons. The summed E-state index contributed by atoms with van der Waals surface area (Å²) in [7, 11) is 2.06. The number of nitrogens with one attached hydrogen (secondary N) is 1. The smallest absolute Gasteiger partial charge is 0.150 e. The van der Waals surface area contributed by atoms with Gasteiger partial charge in [0.1, 0.15) is 5.82 Å². The van der Waals surface area contributed by atoms with Crippen molar-refractivity contribution in [2.75, 3.05) is 7.05 Å². The van der Waals surface area contributed by atoms with Crippen molar-refractivity contribution < 1.29 is 0 Å². The summed E-state index contributed by atoms with van der Waals surface area (Å²) in [6, 6.07) is 1.19. The minimum absolute atomic E-state index is 0.545. The third kappa shape index (κ3) is 2.68. The quantitative estimate of drug-likeness (QED) is 0.870. The summed E-state index contributed by atoms with van der Waals surface area (Å²) in [4.78, 5) is 4.60. The van der Waals surface area contributed by atoms with Crippen LogP contribution in [0.1, 0.15) is 57.2 Å². The Labute approximate surface area is 104 Å². The van der Waals surface area contributed by atoms with E-state index in [0.717, 1.165) is 24.5 Å². The average molecular weight is 236 g/mol. The van der Waals surface area contributed by atoms with Crippen LogP contribution in [0.4, 0.5) is 0 Å². The molecule has 1 fully saturated rings. The molecule has 1 aromatic rings. The minimum atomic E-state index is 0.545. The summed E-state index contributed by atoms with van der Waals surface area (Å²) >= 11 is 0. The van der Waals surface area contributed by atoms with Gasteiger partial charge < -0.3 is 5.32 Å². The highest BCUT2D eigenvalue weighted by Crippen LogP contribution is 2.28. The molecule has 1 saturated carbocycles. The second-order valence-corrected chi connectivity index (χ2v) is 4.90. The maximum atomic E-state index is 4.67. The van der Waals surface area contributed by atoms with Gasteiger partial charge in [0.05, 0.1) is 6.04 Å². The predicted molar refractivity (Wildman–Crippen MR) is 69.1 cm³/mol. The Kier molecular flexibility index (Phi) is 4.15. The van der Waals surface area contributed by atoms with Crippen LogP contribution >= 0.6 is 0 Å². The summed E-state index contributed by atoms with van der Waals surface area (Å²) in [6.45, 7) is 4.29. The van der Waals surface area contributed by atoms with Crippen LogP contribution in [0.3, 0.4) is 0 Å². The Balaban J connectivity index is 2.17. The zero-order valence-corrected chi connectivity index (χ0v) is 11.2. The summed E-state index contributed by atoms with van der Waals surface area (Å²) < 4.78 is 2.20. The Morgan fingerprint density at radius 3 is 2.76 bits per heavy atom. The number of nitrogens with zero attached hydrogens (tertiary/aromatic N) is 3. The van der Waals surface area contributed by atoms with E-state index < -0.39 is 0 Å². The molecule has 0 aromatic carbocycles. The number of rotatable bonds is 4. The van der Waals surface area contributed by atoms with Gasteiger partial charge in [0.15, 0.2) is 5.82 Å². The lowest BCUT2D eigenvalue weighted by Gasteiger charge is -2.29. The molecule has 1 N–H and O–H groups in total. The van der Waals surface area contributed by atoms with E-state index in [1.807, 2.05) is 0 Å². The van der Waals surface area contributed by atoms with Crippen LogP contribution in [0.2, 0.25) is 0 Å². The van der Waals surface area contributed by atoms with E-state index in [2.05, 4.69) is 41.0 Å². The molecule has 4 heteroatoms. The van der Waals surface area contributed by atoms with Crippen molar-refractivity contribution in [1.29, 1.82) is 0 Å². The zero-order chi connectivity index (χ0) is 12.3. The fraction of sp³-hybridized carbons (Fsp3) is 0.846. The molecule has 4 nitrogen and oxygen atoms in total. The van der Waals surface area contributed by atoms with E-state index in [0.29, 0.717) is 12.1 Å². The third-order valence-corrected chi connectivity index (χ3v) is 3.78. The van der Waals surface area contributed by atoms with E-state index in [4.69, 9.17) is 0 Å². The van der Waals surface area contributed by atoms with E-state index in [1.165, 1.54) is 25.7 Å². The zero-order valence-electron chi connectivity index (χ0n) is 11.2. The Bertz CT molecular complexity index is 358. The van der Waals surface area contributed by atoms with E-state index in [-0.39, 0.29) is 0 Å². The molecule has 0 radical (unpaired) electrons. The van der Waals surface area contributed by atoms with Crippen LogP contribution < -0.4 is 5.32 Å². The molecule has 1 aliphatic carbocycles. The first kappa shape index (κ1) is 12.6. The highest BCUT2D eigenvalue weighted by atomic mass is 15.4. The fourth-order valence-corrected chi connectivity index (χ4v) is 2.74. The monoisotopic (exact) mass is 236 g/mol. The summed E-state index contributed by atoms with van der Waals surface area (Å²) in [6.07, 6.45) is 6.94. The van der Waals surface area contributed by atoms with Crippen molar-refractivity contribution >= 4 is 0 Å². The molecule has 2 atom stereocenters. The van der Waals surface area contributed by atoms with Crippen LogP contribution in [0, 0.1) is 0 Å². The lowest BCUT2D eigenvalue weighted by atomic mass is 9.91. The van der Waals surface area contributed by atoms with Crippen LogP contribution in [-0.2, 0) is 12.8 Å². The average Bonchev–Trinajstić information content (AvgIpc) is 2.82. The fourth-order valence-electron chi connectivity index (χ4n) is 2.74. The van der Waals surface area contributed by atoms with E-state index in [1.54, 1.807) is 0 Å². The molecule has 1 aromatic heterocycles. The van der Waals surface area contributed by atoms with Gasteiger partial charge in [-0.2, -0.15) is 5.10 Å². The molecule has 0 bridgehead atoms. The van der Waals surface area contributed by atoms with Crippen molar-refractivity contribution in [2.45, 2.75) is 64.5 Å².